The highest BCUT2D eigenvalue weighted by atomic mass is 79.9. The predicted octanol–water partition coefficient (Wildman–Crippen LogP) is 3.31. The highest BCUT2D eigenvalue weighted by Crippen LogP contribution is 2.17. The van der Waals surface area contributed by atoms with Crippen molar-refractivity contribution in [3.63, 3.8) is 0 Å². The quantitative estimate of drug-likeness (QED) is 0.666. The fourth-order valence-corrected chi connectivity index (χ4v) is 1.55. The Kier molecular flexibility index (Phi) is 1.85. The van der Waals surface area contributed by atoms with Crippen molar-refractivity contribution in [3.8, 4) is 0 Å². The average Bonchev–Trinajstić information content (AvgIpc) is 2.05. The first kappa shape index (κ1) is 7.74. The van der Waals surface area contributed by atoms with Crippen LogP contribution in [0.4, 0.5) is 0 Å². The molecule has 1 aromatic carbocycles. The Balaban J connectivity index is 2.79. The summed E-state index contributed by atoms with van der Waals surface area (Å²) in [6.07, 6.45) is 1.82. The molecule has 60 valence electrons. The predicted molar refractivity (Wildman–Crippen MR) is 54.2 cm³/mol. The van der Waals surface area contributed by atoms with E-state index in [1.165, 1.54) is 10.9 Å². The van der Waals surface area contributed by atoms with Crippen LogP contribution < -0.4 is 0 Å². The summed E-state index contributed by atoms with van der Waals surface area (Å²) in [7, 11) is 0. The molecule has 1 nitrogen and oxygen atoms in total. The molecule has 0 atom stereocenters. The number of rotatable bonds is 0. The van der Waals surface area contributed by atoms with Crippen molar-refractivity contribution in [1.82, 2.24) is 4.98 Å². The highest BCUT2D eigenvalue weighted by Gasteiger charge is 1.94. The molecule has 1 heterocycles. The van der Waals surface area contributed by atoms with Crippen LogP contribution in [0.15, 0.2) is 34.9 Å². The van der Waals surface area contributed by atoms with E-state index in [4.69, 9.17) is 0 Å². The molecular weight excluding hydrogens is 214 g/mol. The second-order valence-electron chi connectivity index (χ2n) is 2.85. The van der Waals surface area contributed by atoms with Crippen molar-refractivity contribution >= 4 is 26.8 Å². The monoisotopic (exact) mass is 221 g/mol. The zero-order valence-electron chi connectivity index (χ0n) is 6.71. The van der Waals surface area contributed by atoms with Crippen molar-refractivity contribution in [3.05, 3.63) is 40.5 Å². The summed E-state index contributed by atoms with van der Waals surface area (Å²) in [5.74, 6) is 0. The van der Waals surface area contributed by atoms with Gasteiger partial charge in [0.25, 0.3) is 0 Å². The Bertz CT molecular complexity index is 382. The van der Waals surface area contributed by atoms with Gasteiger partial charge in [-0.25, -0.2) is 0 Å². The minimum Gasteiger partial charge on any atom is -0.255 e. The lowest BCUT2D eigenvalue weighted by atomic mass is 10.1. The summed E-state index contributed by atoms with van der Waals surface area (Å²) in [4.78, 5) is 4.29. The molecule has 0 N–H and O–H groups in total. The lowest BCUT2D eigenvalue weighted by molar-refractivity contribution is 1.37. The van der Waals surface area contributed by atoms with Crippen molar-refractivity contribution < 1.29 is 0 Å². The maximum Gasteiger partial charge on any atom is 0.0705 e. The van der Waals surface area contributed by atoms with Crippen LogP contribution >= 0.6 is 15.9 Å². The first-order valence-corrected chi connectivity index (χ1v) is 4.57. The fraction of sp³-hybridized carbons (Fsp3) is 0.100. The van der Waals surface area contributed by atoms with E-state index in [0.29, 0.717) is 0 Å². The van der Waals surface area contributed by atoms with Crippen LogP contribution in [-0.2, 0) is 0 Å². The van der Waals surface area contributed by atoms with Gasteiger partial charge < -0.3 is 0 Å². The van der Waals surface area contributed by atoms with E-state index < -0.39 is 0 Å². The van der Waals surface area contributed by atoms with E-state index in [9.17, 15) is 0 Å². The molecule has 1 aromatic heterocycles. The van der Waals surface area contributed by atoms with Crippen molar-refractivity contribution in [2.75, 3.05) is 0 Å². The van der Waals surface area contributed by atoms with Gasteiger partial charge in [0.2, 0.25) is 0 Å². The molecule has 0 spiro atoms. The van der Waals surface area contributed by atoms with Crippen molar-refractivity contribution in [1.29, 1.82) is 0 Å². The van der Waals surface area contributed by atoms with Gasteiger partial charge in [0.15, 0.2) is 0 Å². The zero-order chi connectivity index (χ0) is 8.55. The minimum atomic E-state index is 1.03. The maximum atomic E-state index is 4.29. The van der Waals surface area contributed by atoms with E-state index in [-0.39, 0.29) is 0 Å². The second-order valence-corrected chi connectivity index (χ2v) is 3.77. The van der Waals surface area contributed by atoms with Gasteiger partial charge in [-0.05, 0) is 40.5 Å². The lowest BCUT2D eigenvalue weighted by Gasteiger charge is -1.98. The molecule has 0 saturated carbocycles. The third-order valence-corrected chi connectivity index (χ3v) is 2.24. The molecule has 0 aliphatic heterocycles. The van der Waals surface area contributed by atoms with E-state index in [0.717, 1.165) is 9.99 Å². The number of benzene rings is 1. The van der Waals surface area contributed by atoms with Crippen molar-refractivity contribution in [2.24, 2.45) is 0 Å². The number of halogens is 1. The summed E-state index contributed by atoms with van der Waals surface area (Å²) in [6.45, 7) is 2.07. The molecule has 2 rings (SSSR count). The number of aromatic nitrogens is 1. The Morgan fingerprint density at radius 2 is 2.08 bits per heavy atom. The van der Waals surface area contributed by atoms with Crippen LogP contribution in [0.1, 0.15) is 5.56 Å². The largest absolute Gasteiger partial charge is 0.255 e. The van der Waals surface area contributed by atoms with Crippen LogP contribution in [0.3, 0.4) is 0 Å². The molecule has 0 fully saturated rings. The number of pyridine rings is 1. The van der Waals surface area contributed by atoms with Gasteiger partial charge >= 0.3 is 0 Å². The summed E-state index contributed by atoms with van der Waals surface area (Å²) in [5, 5.41) is 1.18. The van der Waals surface area contributed by atoms with Crippen LogP contribution in [0, 0.1) is 6.92 Å². The molecule has 0 unspecified atom stereocenters. The third-order valence-electron chi connectivity index (χ3n) is 1.81. The third kappa shape index (κ3) is 1.34. The number of aryl methyl sites for hydroxylation is 1. The van der Waals surface area contributed by atoms with E-state index in [2.05, 4.69) is 52.1 Å². The summed E-state index contributed by atoms with van der Waals surface area (Å²) < 4.78 is 1.03. The Labute approximate surface area is 79.6 Å². The highest BCUT2D eigenvalue weighted by molar-refractivity contribution is 9.10. The van der Waals surface area contributed by atoms with E-state index in [1.807, 2.05) is 6.20 Å². The van der Waals surface area contributed by atoms with Gasteiger partial charge in [-0.2, -0.15) is 0 Å². The molecule has 12 heavy (non-hydrogen) atoms. The van der Waals surface area contributed by atoms with Crippen LogP contribution in [0.25, 0.3) is 10.9 Å². The zero-order valence-corrected chi connectivity index (χ0v) is 8.30. The number of nitrogens with zero attached hydrogens (tertiary/aromatic N) is 1. The smallest absolute Gasteiger partial charge is 0.0705 e. The molecule has 2 heteroatoms. The Hall–Kier alpha value is -0.890. The minimum absolute atomic E-state index is 1.03. The number of fused-ring (bicyclic) bond motifs is 1. The molecular formula is C10H8BrN. The lowest BCUT2D eigenvalue weighted by Crippen LogP contribution is -1.79. The van der Waals surface area contributed by atoms with Crippen LogP contribution in [-0.4, -0.2) is 4.98 Å². The maximum absolute atomic E-state index is 4.29. The Morgan fingerprint density at radius 3 is 2.92 bits per heavy atom. The SMILES string of the molecule is Cc1ccc2cc(Br)cnc2c1. The first-order valence-electron chi connectivity index (χ1n) is 3.77. The first-order chi connectivity index (χ1) is 5.75. The van der Waals surface area contributed by atoms with Crippen LogP contribution in [0.2, 0.25) is 0 Å². The molecule has 2 aromatic rings. The van der Waals surface area contributed by atoms with Crippen LogP contribution in [0.5, 0.6) is 0 Å². The van der Waals surface area contributed by atoms with Gasteiger partial charge in [-0.3, -0.25) is 4.98 Å². The van der Waals surface area contributed by atoms with Gasteiger partial charge in [0.1, 0.15) is 0 Å². The second kappa shape index (κ2) is 2.87. The van der Waals surface area contributed by atoms with E-state index >= 15 is 0 Å². The number of hydrogen-bond acceptors (Lipinski definition) is 1. The fourth-order valence-electron chi connectivity index (χ4n) is 1.20. The van der Waals surface area contributed by atoms with E-state index in [1.54, 1.807) is 0 Å². The molecule has 0 aliphatic rings. The average molecular weight is 222 g/mol. The molecule has 0 radical (unpaired) electrons. The molecule has 0 saturated heterocycles. The molecule has 0 aliphatic carbocycles. The standard InChI is InChI=1S/C10H8BrN/c1-7-2-3-8-5-9(11)6-12-10(8)4-7/h2-6H,1H3. The summed E-state index contributed by atoms with van der Waals surface area (Å²) in [5.41, 5.74) is 2.30. The summed E-state index contributed by atoms with van der Waals surface area (Å²) in [6, 6.07) is 8.34. The summed E-state index contributed by atoms with van der Waals surface area (Å²) >= 11 is 3.39. The van der Waals surface area contributed by atoms with Gasteiger partial charge in [-0.15, -0.1) is 0 Å². The van der Waals surface area contributed by atoms with Gasteiger partial charge in [0, 0.05) is 16.1 Å². The normalized spacial score (nSPS) is 10.5. The Morgan fingerprint density at radius 1 is 1.25 bits per heavy atom. The van der Waals surface area contributed by atoms with Gasteiger partial charge in [0.05, 0.1) is 5.52 Å². The number of hydrogen-bond donors (Lipinski definition) is 0. The van der Waals surface area contributed by atoms with Gasteiger partial charge in [-0.1, -0.05) is 12.1 Å². The van der Waals surface area contributed by atoms with Crippen molar-refractivity contribution in [2.45, 2.75) is 6.92 Å². The molecule has 0 amide bonds. The molecule has 0 bridgehead atoms. The topological polar surface area (TPSA) is 12.9 Å².